The summed E-state index contributed by atoms with van der Waals surface area (Å²) in [7, 11) is -4.58. The van der Waals surface area contributed by atoms with E-state index >= 15 is 0 Å². The fourth-order valence-corrected chi connectivity index (χ4v) is 4.55. The molecule has 0 radical (unpaired) electrons. The molecular weight excluding hydrogens is 422 g/mol. The van der Waals surface area contributed by atoms with E-state index in [9.17, 15) is 21.6 Å². The molecule has 1 N–H and O–H groups in total. The monoisotopic (exact) mass is 441 g/mol. The van der Waals surface area contributed by atoms with Crippen molar-refractivity contribution >= 4 is 31.9 Å². The first-order chi connectivity index (χ1) is 13.6. The molecule has 0 unspecified atom stereocenters. The smallest absolute Gasteiger partial charge is 0.308 e. The summed E-state index contributed by atoms with van der Waals surface area (Å²) in [4.78, 5) is 16.1. The molecule has 0 aliphatic carbocycles. The Morgan fingerprint density at radius 3 is 2.66 bits per heavy atom. The van der Waals surface area contributed by atoms with Crippen LogP contribution in [0.25, 0.3) is 0 Å². The molecule has 156 valence electrons. The first-order valence-corrected chi connectivity index (χ1v) is 11.4. The molecule has 1 aromatic heterocycles. The Morgan fingerprint density at radius 1 is 1.21 bits per heavy atom. The Hall–Kier alpha value is -2.70. The standard InChI is InChI=1S/C17H19N3O7S2/c1-20(2)29(24,25)16-8-7-12(27-16)11-26-15(21)9-10-18-17-13-5-3-4-6-14(13)28(22,23)19-17/h3-8H,9-11H2,1-2H3,(H,18,19). The van der Waals surface area contributed by atoms with Gasteiger partial charge in [-0.15, -0.1) is 0 Å². The molecule has 10 nitrogen and oxygen atoms in total. The van der Waals surface area contributed by atoms with Crippen LogP contribution in [-0.4, -0.2) is 53.6 Å². The van der Waals surface area contributed by atoms with E-state index in [-0.39, 0.29) is 41.2 Å². The lowest BCUT2D eigenvalue weighted by atomic mass is 10.2. The minimum absolute atomic E-state index is 0.0173. The molecule has 1 aliphatic heterocycles. The van der Waals surface area contributed by atoms with Crippen LogP contribution in [0.4, 0.5) is 0 Å². The highest BCUT2D eigenvalue weighted by Crippen LogP contribution is 2.22. The zero-order valence-corrected chi connectivity index (χ0v) is 17.3. The maximum absolute atomic E-state index is 12.0. The van der Waals surface area contributed by atoms with E-state index in [1.807, 2.05) is 0 Å². The second-order valence-corrected chi connectivity index (χ2v) is 9.98. The minimum atomic E-state index is -3.70. The van der Waals surface area contributed by atoms with Crippen LogP contribution in [0.2, 0.25) is 0 Å². The van der Waals surface area contributed by atoms with Gasteiger partial charge >= 0.3 is 5.97 Å². The summed E-state index contributed by atoms with van der Waals surface area (Å²) < 4.78 is 61.5. The van der Waals surface area contributed by atoms with Gasteiger partial charge in [0.05, 0.1) is 17.9 Å². The third-order valence-corrected chi connectivity index (χ3v) is 7.08. The molecule has 2 aromatic rings. The van der Waals surface area contributed by atoms with Gasteiger partial charge in [-0.05, 0) is 24.3 Å². The van der Waals surface area contributed by atoms with Gasteiger partial charge in [-0.3, -0.25) is 14.5 Å². The average molecular weight is 441 g/mol. The first kappa shape index (κ1) is 21.0. The van der Waals surface area contributed by atoms with Crippen molar-refractivity contribution in [1.82, 2.24) is 9.03 Å². The maximum atomic E-state index is 12.0. The fraction of sp³-hybridized carbons (Fsp3) is 0.294. The van der Waals surface area contributed by atoms with Crippen molar-refractivity contribution in [2.45, 2.75) is 23.0 Å². The van der Waals surface area contributed by atoms with Crippen molar-refractivity contribution in [2.24, 2.45) is 4.99 Å². The van der Waals surface area contributed by atoms with Gasteiger partial charge in [-0.1, -0.05) is 12.1 Å². The summed E-state index contributed by atoms with van der Waals surface area (Å²) in [6.07, 6.45) is -0.0864. The normalized spacial score (nSPS) is 16.6. The summed E-state index contributed by atoms with van der Waals surface area (Å²) in [6.45, 7) is -0.211. The van der Waals surface area contributed by atoms with Crippen LogP contribution in [0.3, 0.4) is 0 Å². The number of sulfonamides is 2. The third kappa shape index (κ3) is 4.49. The van der Waals surface area contributed by atoms with Gasteiger partial charge in [-0.2, -0.15) is 0 Å². The molecular formula is C17H19N3O7S2. The number of nitrogens with zero attached hydrogens (tertiary/aromatic N) is 2. The lowest BCUT2D eigenvalue weighted by Gasteiger charge is -2.07. The van der Waals surface area contributed by atoms with E-state index in [0.717, 1.165) is 4.31 Å². The predicted molar refractivity (Wildman–Crippen MR) is 102 cm³/mol. The Kier molecular flexibility index (Phi) is 5.78. The molecule has 0 fully saturated rings. The van der Waals surface area contributed by atoms with Gasteiger partial charge in [0, 0.05) is 19.7 Å². The van der Waals surface area contributed by atoms with Crippen molar-refractivity contribution in [3.8, 4) is 0 Å². The SMILES string of the molecule is CN(C)S(=O)(=O)c1ccc(COC(=O)CCN=C2NS(=O)(=O)c3ccccc32)o1. The largest absolute Gasteiger partial charge is 0.457 e. The number of carbonyl (C=O) groups is 1. The minimum Gasteiger partial charge on any atom is -0.457 e. The number of benzene rings is 1. The highest BCUT2D eigenvalue weighted by atomic mass is 32.2. The van der Waals surface area contributed by atoms with Crippen LogP contribution in [0.1, 0.15) is 17.7 Å². The lowest BCUT2D eigenvalue weighted by Crippen LogP contribution is -2.22. The second-order valence-electron chi connectivity index (χ2n) is 6.25. The van der Waals surface area contributed by atoms with Gasteiger partial charge in [0.1, 0.15) is 18.2 Å². The van der Waals surface area contributed by atoms with Crippen molar-refractivity contribution in [3.63, 3.8) is 0 Å². The van der Waals surface area contributed by atoms with Crippen LogP contribution in [0, 0.1) is 0 Å². The van der Waals surface area contributed by atoms with Crippen molar-refractivity contribution in [3.05, 3.63) is 47.7 Å². The summed E-state index contributed by atoms with van der Waals surface area (Å²) in [6, 6.07) is 9.10. The maximum Gasteiger partial charge on any atom is 0.308 e. The number of furan rings is 1. The molecule has 0 saturated heterocycles. The van der Waals surface area contributed by atoms with E-state index in [0.29, 0.717) is 5.56 Å². The average Bonchev–Trinajstić information content (AvgIpc) is 3.24. The van der Waals surface area contributed by atoms with Crippen LogP contribution >= 0.6 is 0 Å². The van der Waals surface area contributed by atoms with Crippen molar-refractivity contribution in [2.75, 3.05) is 20.6 Å². The zero-order chi connectivity index (χ0) is 21.2. The lowest BCUT2D eigenvalue weighted by molar-refractivity contribution is -0.145. The number of nitrogens with one attached hydrogen (secondary N) is 1. The van der Waals surface area contributed by atoms with Gasteiger partial charge in [0.2, 0.25) is 5.09 Å². The number of esters is 1. The van der Waals surface area contributed by atoms with Crippen molar-refractivity contribution in [1.29, 1.82) is 0 Å². The molecule has 3 rings (SSSR count). The molecule has 29 heavy (non-hydrogen) atoms. The number of amidine groups is 1. The van der Waals surface area contributed by atoms with E-state index in [1.165, 1.54) is 32.3 Å². The van der Waals surface area contributed by atoms with E-state index in [2.05, 4.69) is 9.71 Å². The van der Waals surface area contributed by atoms with E-state index in [1.54, 1.807) is 18.2 Å². The van der Waals surface area contributed by atoms with E-state index in [4.69, 9.17) is 9.15 Å². The molecule has 0 atom stereocenters. The Bertz CT molecular complexity index is 1170. The molecule has 0 amide bonds. The van der Waals surface area contributed by atoms with Gasteiger partial charge in [0.15, 0.2) is 0 Å². The molecule has 0 spiro atoms. The molecule has 2 heterocycles. The number of fused-ring (bicyclic) bond motifs is 1. The highest BCUT2D eigenvalue weighted by molar-refractivity contribution is 7.90. The van der Waals surface area contributed by atoms with Crippen LogP contribution in [0.5, 0.6) is 0 Å². The highest BCUT2D eigenvalue weighted by Gasteiger charge is 2.30. The Labute approximate surface area is 168 Å². The fourth-order valence-electron chi connectivity index (χ4n) is 2.49. The molecule has 1 aromatic carbocycles. The van der Waals surface area contributed by atoms with Crippen LogP contribution in [-0.2, 0) is 36.2 Å². The molecule has 0 bridgehead atoms. The number of ether oxygens (including phenoxy) is 1. The first-order valence-electron chi connectivity index (χ1n) is 8.45. The summed E-state index contributed by atoms with van der Waals surface area (Å²) in [5.41, 5.74) is 0.450. The topological polar surface area (TPSA) is 135 Å². The second kappa shape index (κ2) is 7.97. The third-order valence-electron chi connectivity index (χ3n) is 4.00. The van der Waals surface area contributed by atoms with Crippen molar-refractivity contribution < 1.29 is 30.8 Å². The number of hydrogen-bond acceptors (Lipinski definition) is 8. The number of rotatable bonds is 7. The predicted octanol–water partition coefficient (Wildman–Crippen LogP) is 0.702. The summed E-state index contributed by atoms with van der Waals surface area (Å²) in [5.74, 6) is -0.225. The van der Waals surface area contributed by atoms with Gasteiger partial charge < -0.3 is 9.15 Å². The zero-order valence-electron chi connectivity index (χ0n) is 15.7. The Morgan fingerprint density at radius 2 is 1.93 bits per heavy atom. The van der Waals surface area contributed by atoms with Crippen LogP contribution < -0.4 is 4.72 Å². The van der Waals surface area contributed by atoms with Gasteiger partial charge in [-0.25, -0.2) is 21.1 Å². The molecule has 1 aliphatic rings. The Balaban J connectivity index is 1.54. The van der Waals surface area contributed by atoms with E-state index < -0.39 is 26.0 Å². The molecule has 0 saturated carbocycles. The molecule has 12 heteroatoms. The summed E-state index contributed by atoms with van der Waals surface area (Å²) >= 11 is 0. The summed E-state index contributed by atoms with van der Waals surface area (Å²) in [5, 5.41) is -0.243. The quantitative estimate of drug-likeness (QED) is 0.625. The number of carbonyl (C=O) groups excluding carboxylic acids is 1. The number of aliphatic imine (C=N–C) groups is 1. The number of hydrogen-bond donors (Lipinski definition) is 1. The van der Waals surface area contributed by atoms with Gasteiger partial charge in [0.25, 0.3) is 20.0 Å². The van der Waals surface area contributed by atoms with Crippen LogP contribution in [0.15, 0.2) is 55.8 Å².